The first-order valence-corrected chi connectivity index (χ1v) is 7.47. The Bertz CT molecular complexity index is 439. The fourth-order valence-corrected chi connectivity index (χ4v) is 2.38. The first-order valence-electron chi connectivity index (χ1n) is 7.47. The van der Waals surface area contributed by atoms with Crippen LogP contribution in [0.15, 0.2) is 18.3 Å². The summed E-state index contributed by atoms with van der Waals surface area (Å²) >= 11 is 0. The van der Waals surface area contributed by atoms with Crippen molar-refractivity contribution in [2.24, 2.45) is 0 Å². The molecular formula is C16H27N3O. The van der Waals surface area contributed by atoms with Crippen molar-refractivity contribution in [3.05, 3.63) is 24.0 Å². The highest BCUT2D eigenvalue weighted by Crippen LogP contribution is 2.20. The maximum Gasteiger partial charge on any atom is 0.272 e. The molecule has 0 aromatic carbocycles. The molecule has 1 rings (SSSR count). The summed E-state index contributed by atoms with van der Waals surface area (Å²) in [6.07, 6.45) is 3.89. The Morgan fingerprint density at radius 1 is 1.30 bits per heavy atom. The summed E-state index contributed by atoms with van der Waals surface area (Å²) in [7, 11) is 0. The Balaban J connectivity index is 2.88. The quantitative estimate of drug-likeness (QED) is 0.829. The van der Waals surface area contributed by atoms with Crippen LogP contribution in [0.3, 0.4) is 0 Å². The third-order valence-corrected chi connectivity index (χ3v) is 3.39. The molecule has 0 fully saturated rings. The topological polar surface area (TPSA) is 45.2 Å². The molecule has 4 heteroatoms. The molecule has 0 unspecified atom stereocenters. The van der Waals surface area contributed by atoms with Crippen molar-refractivity contribution >= 4 is 11.6 Å². The molecule has 0 aliphatic rings. The number of aromatic nitrogens is 1. The molecule has 0 spiro atoms. The average molecular weight is 277 g/mol. The molecule has 1 N–H and O–H groups in total. The van der Waals surface area contributed by atoms with Crippen molar-refractivity contribution in [2.75, 3.05) is 18.4 Å². The van der Waals surface area contributed by atoms with Gasteiger partial charge in [0.15, 0.2) is 0 Å². The molecule has 0 saturated heterocycles. The largest absolute Gasteiger partial charge is 0.380 e. The van der Waals surface area contributed by atoms with Gasteiger partial charge in [-0.1, -0.05) is 13.3 Å². The summed E-state index contributed by atoms with van der Waals surface area (Å²) in [4.78, 5) is 18.3. The van der Waals surface area contributed by atoms with E-state index >= 15 is 0 Å². The van der Waals surface area contributed by atoms with Gasteiger partial charge in [0.1, 0.15) is 5.69 Å². The van der Waals surface area contributed by atoms with E-state index in [0.29, 0.717) is 18.8 Å². The lowest BCUT2D eigenvalue weighted by Gasteiger charge is -2.27. The molecule has 0 aliphatic carbocycles. The predicted molar refractivity (Wildman–Crippen MR) is 84.1 cm³/mol. The Morgan fingerprint density at radius 3 is 2.50 bits per heavy atom. The van der Waals surface area contributed by atoms with E-state index in [9.17, 15) is 4.79 Å². The van der Waals surface area contributed by atoms with E-state index in [4.69, 9.17) is 0 Å². The molecule has 112 valence electrons. The van der Waals surface area contributed by atoms with Gasteiger partial charge in [-0.15, -0.1) is 0 Å². The van der Waals surface area contributed by atoms with Crippen molar-refractivity contribution in [3.8, 4) is 0 Å². The summed E-state index contributed by atoms with van der Waals surface area (Å²) in [6.45, 7) is 11.9. The zero-order valence-electron chi connectivity index (χ0n) is 13.4. The van der Waals surface area contributed by atoms with E-state index in [1.165, 1.54) is 0 Å². The highest BCUT2D eigenvalue weighted by Gasteiger charge is 2.18. The summed E-state index contributed by atoms with van der Waals surface area (Å²) < 4.78 is 0. The Kier molecular flexibility index (Phi) is 5.99. The van der Waals surface area contributed by atoms with Gasteiger partial charge in [0.2, 0.25) is 0 Å². The van der Waals surface area contributed by atoms with Crippen LogP contribution in [0.4, 0.5) is 5.69 Å². The van der Waals surface area contributed by atoms with E-state index < -0.39 is 0 Å². The number of hydrogen-bond acceptors (Lipinski definition) is 3. The van der Waals surface area contributed by atoms with Crippen LogP contribution in [0.25, 0.3) is 0 Å². The number of rotatable bonds is 7. The standard InChI is InChI=1S/C16H27N3O/c1-6-10-16(4,5)18-13-9-11-17-14(12-13)15(20)19(7-2)8-3/h9,11-12H,6-8,10H2,1-5H3,(H,17,18). The molecule has 0 saturated carbocycles. The molecule has 1 heterocycles. The normalized spacial score (nSPS) is 11.2. The predicted octanol–water partition coefficient (Wildman–Crippen LogP) is 3.55. The number of carbonyl (C=O) groups is 1. The minimum absolute atomic E-state index is 0.00746. The SMILES string of the molecule is CCCC(C)(C)Nc1ccnc(C(=O)N(CC)CC)c1. The number of nitrogens with one attached hydrogen (secondary N) is 1. The van der Waals surface area contributed by atoms with Crippen LogP contribution in [0.5, 0.6) is 0 Å². The van der Waals surface area contributed by atoms with E-state index in [0.717, 1.165) is 18.5 Å². The van der Waals surface area contributed by atoms with Crippen LogP contribution in [-0.4, -0.2) is 34.4 Å². The number of amides is 1. The first kappa shape index (κ1) is 16.5. The lowest BCUT2D eigenvalue weighted by atomic mass is 9.98. The highest BCUT2D eigenvalue weighted by atomic mass is 16.2. The van der Waals surface area contributed by atoms with Crippen molar-refractivity contribution in [2.45, 2.75) is 53.0 Å². The molecule has 20 heavy (non-hydrogen) atoms. The zero-order valence-corrected chi connectivity index (χ0v) is 13.4. The van der Waals surface area contributed by atoms with Gasteiger partial charge in [-0.05, 0) is 46.2 Å². The second kappa shape index (κ2) is 7.27. The number of carbonyl (C=O) groups excluding carboxylic acids is 1. The van der Waals surface area contributed by atoms with Crippen molar-refractivity contribution in [1.82, 2.24) is 9.88 Å². The van der Waals surface area contributed by atoms with Crippen LogP contribution < -0.4 is 5.32 Å². The molecular weight excluding hydrogens is 250 g/mol. The Labute approximate surface area is 122 Å². The second-order valence-electron chi connectivity index (χ2n) is 5.67. The summed E-state index contributed by atoms with van der Waals surface area (Å²) in [6, 6.07) is 3.76. The van der Waals surface area contributed by atoms with E-state index in [-0.39, 0.29) is 11.4 Å². The third-order valence-electron chi connectivity index (χ3n) is 3.39. The number of pyridine rings is 1. The Hall–Kier alpha value is -1.58. The van der Waals surface area contributed by atoms with Gasteiger partial charge in [-0.25, -0.2) is 0 Å². The van der Waals surface area contributed by atoms with Gasteiger partial charge in [0, 0.05) is 30.5 Å². The number of hydrogen-bond donors (Lipinski definition) is 1. The van der Waals surface area contributed by atoms with Crippen LogP contribution in [-0.2, 0) is 0 Å². The van der Waals surface area contributed by atoms with E-state index in [1.807, 2.05) is 26.0 Å². The molecule has 0 atom stereocenters. The molecule has 0 bridgehead atoms. The maximum absolute atomic E-state index is 12.3. The van der Waals surface area contributed by atoms with Crippen LogP contribution >= 0.6 is 0 Å². The van der Waals surface area contributed by atoms with Crippen molar-refractivity contribution in [1.29, 1.82) is 0 Å². The van der Waals surface area contributed by atoms with Crippen molar-refractivity contribution in [3.63, 3.8) is 0 Å². The minimum Gasteiger partial charge on any atom is -0.380 e. The molecule has 4 nitrogen and oxygen atoms in total. The lowest BCUT2D eigenvalue weighted by Crippen LogP contribution is -2.32. The Morgan fingerprint density at radius 2 is 1.95 bits per heavy atom. The van der Waals surface area contributed by atoms with Crippen LogP contribution in [0, 0.1) is 0 Å². The van der Waals surface area contributed by atoms with Crippen LogP contribution in [0.1, 0.15) is 57.9 Å². The highest BCUT2D eigenvalue weighted by molar-refractivity contribution is 5.93. The summed E-state index contributed by atoms with van der Waals surface area (Å²) in [5.74, 6) is -0.00746. The summed E-state index contributed by atoms with van der Waals surface area (Å²) in [5.41, 5.74) is 1.48. The van der Waals surface area contributed by atoms with Gasteiger partial charge in [-0.2, -0.15) is 0 Å². The first-order chi connectivity index (χ1) is 9.43. The van der Waals surface area contributed by atoms with Gasteiger partial charge in [0.05, 0.1) is 0 Å². The van der Waals surface area contributed by atoms with Gasteiger partial charge in [-0.3, -0.25) is 9.78 Å². The number of anilines is 1. The molecule has 1 aromatic heterocycles. The molecule has 1 amide bonds. The maximum atomic E-state index is 12.3. The van der Waals surface area contributed by atoms with Gasteiger partial charge < -0.3 is 10.2 Å². The second-order valence-corrected chi connectivity index (χ2v) is 5.67. The van der Waals surface area contributed by atoms with Crippen molar-refractivity contribution < 1.29 is 4.79 Å². The molecule has 1 aromatic rings. The van der Waals surface area contributed by atoms with Crippen LogP contribution in [0.2, 0.25) is 0 Å². The minimum atomic E-state index is -0.00746. The van der Waals surface area contributed by atoms with Gasteiger partial charge in [0.25, 0.3) is 5.91 Å². The lowest BCUT2D eigenvalue weighted by molar-refractivity contribution is 0.0767. The van der Waals surface area contributed by atoms with E-state index in [1.54, 1.807) is 11.1 Å². The summed E-state index contributed by atoms with van der Waals surface area (Å²) in [5, 5.41) is 3.48. The monoisotopic (exact) mass is 277 g/mol. The molecule has 0 radical (unpaired) electrons. The zero-order chi connectivity index (χ0) is 15.2. The average Bonchev–Trinajstić information content (AvgIpc) is 2.39. The number of nitrogens with zero attached hydrogens (tertiary/aromatic N) is 2. The van der Waals surface area contributed by atoms with Gasteiger partial charge >= 0.3 is 0 Å². The fraction of sp³-hybridized carbons (Fsp3) is 0.625. The fourth-order valence-electron chi connectivity index (χ4n) is 2.38. The molecule has 0 aliphatic heterocycles. The smallest absolute Gasteiger partial charge is 0.272 e. The van der Waals surface area contributed by atoms with E-state index in [2.05, 4.69) is 31.1 Å². The third kappa shape index (κ3) is 4.51.